The van der Waals surface area contributed by atoms with E-state index in [0.29, 0.717) is 25.0 Å². The number of alkyl carbamates (subject to hydrolysis) is 1. The third-order valence-electron chi connectivity index (χ3n) is 4.62. The second-order valence-electron chi connectivity index (χ2n) is 7.11. The number of methoxy groups -OCH3 is 2. The lowest BCUT2D eigenvalue weighted by Crippen LogP contribution is -2.16. The summed E-state index contributed by atoms with van der Waals surface area (Å²) in [6, 6.07) is 5.07. The maximum absolute atomic E-state index is 12.8. The molecule has 0 aliphatic carbocycles. The number of Topliss-reactive ketones (excluding diaryl/α,β-unsaturated/α-hetero) is 1. The van der Waals surface area contributed by atoms with Crippen LogP contribution in [0.1, 0.15) is 58.5 Å². The first kappa shape index (κ1) is 25.1. The standard InChI is InChI=1S/C23H27NO7S/c1-14(7-5-6-10-24-23(28)30-4)19-12-18(25)20(22(27)31-19)21(26)15(2)11-16-8-9-17(32-16)13-29-3/h6,8-12,14,25H,5,7,13H2,1-4H3,(H,24,28)/b10-6+,15-11+. The summed E-state index contributed by atoms with van der Waals surface area (Å²) >= 11 is 1.47. The number of thiophene rings is 1. The van der Waals surface area contributed by atoms with Gasteiger partial charge in [0.25, 0.3) is 0 Å². The van der Waals surface area contributed by atoms with Crippen molar-refractivity contribution in [1.82, 2.24) is 5.32 Å². The molecule has 2 rings (SSSR count). The van der Waals surface area contributed by atoms with Crippen molar-refractivity contribution >= 4 is 29.3 Å². The van der Waals surface area contributed by atoms with Crippen LogP contribution in [0, 0.1) is 0 Å². The predicted octanol–water partition coefficient (Wildman–Crippen LogP) is 4.59. The van der Waals surface area contributed by atoms with Gasteiger partial charge < -0.3 is 19.0 Å². The van der Waals surface area contributed by atoms with Gasteiger partial charge in [0, 0.05) is 35.0 Å². The number of ketones is 1. The average Bonchev–Trinajstić information content (AvgIpc) is 3.19. The highest BCUT2D eigenvalue weighted by Crippen LogP contribution is 2.27. The molecule has 0 aliphatic rings. The van der Waals surface area contributed by atoms with Gasteiger partial charge in [-0.3, -0.25) is 10.1 Å². The van der Waals surface area contributed by atoms with Gasteiger partial charge in [0.15, 0.2) is 5.78 Å². The summed E-state index contributed by atoms with van der Waals surface area (Å²) in [5.41, 5.74) is -0.952. The normalized spacial score (nSPS) is 12.7. The summed E-state index contributed by atoms with van der Waals surface area (Å²) in [6.07, 6.45) is 5.48. The number of allylic oxidation sites excluding steroid dienone is 2. The molecule has 0 saturated heterocycles. The van der Waals surface area contributed by atoms with E-state index in [1.807, 2.05) is 19.1 Å². The second kappa shape index (κ2) is 12.0. The Morgan fingerprint density at radius 1 is 1.31 bits per heavy atom. The Bertz CT molecular complexity index is 1060. The fraction of sp³-hybridized carbons (Fsp3) is 0.348. The maximum Gasteiger partial charge on any atom is 0.410 e. The molecule has 0 aromatic carbocycles. The molecule has 0 spiro atoms. The molecule has 0 saturated carbocycles. The Morgan fingerprint density at radius 2 is 2.06 bits per heavy atom. The first-order valence-corrected chi connectivity index (χ1v) is 10.8. The van der Waals surface area contributed by atoms with Crippen LogP contribution in [0.4, 0.5) is 4.79 Å². The monoisotopic (exact) mass is 461 g/mol. The van der Waals surface area contributed by atoms with Crippen LogP contribution in [0.25, 0.3) is 6.08 Å². The average molecular weight is 462 g/mol. The van der Waals surface area contributed by atoms with Gasteiger partial charge in [-0.15, -0.1) is 11.3 Å². The highest BCUT2D eigenvalue weighted by Gasteiger charge is 2.22. The summed E-state index contributed by atoms with van der Waals surface area (Å²) in [5.74, 6) is -0.908. The van der Waals surface area contributed by atoms with Crippen molar-refractivity contribution in [2.45, 2.75) is 39.2 Å². The topological polar surface area (TPSA) is 115 Å². The molecule has 2 heterocycles. The predicted molar refractivity (Wildman–Crippen MR) is 122 cm³/mol. The van der Waals surface area contributed by atoms with E-state index in [0.717, 1.165) is 9.75 Å². The van der Waals surface area contributed by atoms with Crippen molar-refractivity contribution < 1.29 is 28.6 Å². The Hall–Kier alpha value is -3.17. The third-order valence-corrected chi connectivity index (χ3v) is 5.63. The van der Waals surface area contributed by atoms with Crippen LogP contribution in [0.15, 0.2) is 45.3 Å². The molecule has 0 aliphatic heterocycles. The molecule has 0 bridgehead atoms. The number of carbonyl (C=O) groups is 2. The van der Waals surface area contributed by atoms with Gasteiger partial charge in [0.1, 0.15) is 17.1 Å². The molecule has 9 heteroatoms. The van der Waals surface area contributed by atoms with E-state index in [2.05, 4.69) is 10.1 Å². The molecule has 172 valence electrons. The van der Waals surface area contributed by atoms with E-state index < -0.39 is 23.3 Å². The van der Waals surface area contributed by atoms with Gasteiger partial charge in [0.2, 0.25) is 0 Å². The minimum Gasteiger partial charge on any atom is -0.507 e. The molecule has 1 unspecified atom stereocenters. The van der Waals surface area contributed by atoms with E-state index in [1.165, 1.54) is 30.7 Å². The van der Waals surface area contributed by atoms with Gasteiger partial charge in [-0.05, 0) is 43.5 Å². The quantitative estimate of drug-likeness (QED) is 0.393. The van der Waals surface area contributed by atoms with Gasteiger partial charge in [-0.1, -0.05) is 13.0 Å². The molecule has 0 radical (unpaired) electrons. The number of aromatic hydroxyl groups is 1. The van der Waals surface area contributed by atoms with Crippen LogP contribution in [-0.4, -0.2) is 31.2 Å². The van der Waals surface area contributed by atoms with Crippen LogP contribution in [-0.2, 0) is 16.1 Å². The molecule has 2 N–H and O–H groups in total. The summed E-state index contributed by atoms with van der Waals surface area (Å²) < 4.78 is 14.9. The molecule has 8 nitrogen and oxygen atoms in total. The Labute approximate surface area is 190 Å². The largest absolute Gasteiger partial charge is 0.507 e. The number of amides is 1. The number of nitrogens with one attached hydrogen (secondary N) is 1. The Morgan fingerprint density at radius 3 is 2.72 bits per heavy atom. The smallest absolute Gasteiger partial charge is 0.410 e. The molecule has 1 atom stereocenters. The molecular formula is C23H27NO7S. The zero-order chi connectivity index (χ0) is 23.7. The van der Waals surface area contributed by atoms with Crippen LogP contribution in [0.5, 0.6) is 5.75 Å². The van der Waals surface area contributed by atoms with E-state index in [-0.39, 0.29) is 17.2 Å². The molecule has 2 aromatic heterocycles. The number of carbonyl (C=O) groups excluding carboxylic acids is 2. The van der Waals surface area contributed by atoms with Crippen LogP contribution >= 0.6 is 11.3 Å². The van der Waals surface area contributed by atoms with Crippen molar-refractivity contribution in [2.75, 3.05) is 14.2 Å². The Balaban J connectivity index is 2.10. The van der Waals surface area contributed by atoms with Crippen molar-refractivity contribution in [2.24, 2.45) is 0 Å². The first-order chi connectivity index (χ1) is 15.3. The van der Waals surface area contributed by atoms with E-state index in [9.17, 15) is 19.5 Å². The van der Waals surface area contributed by atoms with Gasteiger partial charge >= 0.3 is 11.7 Å². The molecule has 2 aromatic rings. The lowest BCUT2D eigenvalue weighted by atomic mass is 10.00. The van der Waals surface area contributed by atoms with Crippen molar-refractivity contribution in [3.8, 4) is 5.75 Å². The molecule has 32 heavy (non-hydrogen) atoms. The lowest BCUT2D eigenvalue weighted by molar-refractivity contribution is 0.102. The summed E-state index contributed by atoms with van der Waals surface area (Å²) in [5, 5.41) is 12.8. The third kappa shape index (κ3) is 6.93. The van der Waals surface area contributed by atoms with Crippen LogP contribution in [0.2, 0.25) is 0 Å². The minimum atomic E-state index is -0.876. The Kier molecular flexibility index (Phi) is 9.42. The lowest BCUT2D eigenvalue weighted by Gasteiger charge is -2.11. The van der Waals surface area contributed by atoms with E-state index in [4.69, 9.17) is 9.15 Å². The molecule has 1 amide bonds. The van der Waals surface area contributed by atoms with Gasteiger partial charge in [-0.2, -0.15) is 0 Å². The van der Waals surface area contributed by atoms with Crippen LogP contribution < -0.4 is 10.9 Å². The fourth-order valence-electron chi connectivity index (χ4n) is 2.88. The van der Waals surface area contributed by atoms with Crippen molar-refractivity contribution in [3.63, 3.8) is 0 Å². The summed E-state index contributed by atoms with van der Waals surface area (Å²) in [7, 11) is 2.88. The maximum atomic E-state index is 12.8. The highest BCUT2D eigenvalue weighted by molar-refractivity contribution is 7.12. The number of rotatable bonds is 10. The zero-order valence-corrected chi connectivity index (χ0v) is 19.3. The number of hydrogen-bond donors (Lipinski definition) is 2. The summed E-state index contributed by atoms with van der Waals surface area (Å²) in [6.45, 7) is 3.90. The fourth-order valence-corrected chi connectivity index (χ4v) is 3.86. The minimum absolute atomic E-state index is 0.192. The summed E-state index contributed by atoms with van der Waals surface area (Å²) in [4.78, 5) is 38.1. The SMILES string of the molecule is COCc1ccc(/C=C(\C)C(=O)c2c(O)cc(C(C)CC/C=C/NC(=O)OC)oc2=O)s1. The van der Waals surface area contributed by atoms with Crippen LogP contribution in [0.3, 0.4) is 0 Å². The van der Waals surface area contributed by atoms with Gasteiger partial charge in [-0.25, -0.2) is 9.59 Å². The van der Waals surface area contributed by atoms with Crippen molar-refractivity contribution in [3.05, 3.63) is 67.5 Å². The van der Waals surface area contributed by atoms with Gasteiger partial charge in [0.05, 0.1) is 13.7 Å². The second-order valence-corrected chi connectivity index (χ2v) is 8.31. The van der Waals surface area contributed by atoms with E-state index >= 15 is 0 Å². The number of ether oxygens (including phenoxy) is 2. The highest BCUT2D eigenvalue weighted by atomic mass is 32.1. The van der Waals surface area contributed by atoms with E-state index in [1.54, 1.807) is 26.2 Å². The zero-order valence-electron chi connectivity index (χ0n) is 18.5. The molecular weight excluding hydrogens is 434 g/mol. The first-order valence-electron chi connectivity index (χ1n) is 9.94. The molecule has 0 fully saturated rings. The number of hydrogen-bond acceptors (Lipinski definition) is 8. The van der Waals surface area contributed by atoms with Crippen molar-refractivity contribution in [1.29, 1.82) is 0 Å².